The minimum absolute atomic E-state index is 0.0860. The lowest BCUT2D eigenvalue weighted by molar-refractivity contribution is -0.274. The Balaban J connectivity index is 2.05. The zero-order chi connectivity index (χ0) is 21.7. The maximum atomic E-state index is 12.4. The van der Waals surface area contributed by atoms with Crippen molar-refractivity contribution in [3.05, 3.63) is 54.1 Å². The van der Waals surface area contributed by atoms with Gasteiger partial charge in [-0.25, -0.2) is 8.42 Å². The number of halogens is 3. The number of alkyl halides is 3. The first kappa shape index (κ1) is 23.0. The molecule has 0 aromatic heterocycles. The highest BCUT2D eigenvalue weighted by molar-refractivity contribution is 7.92. The molecule has 2 rings (SSSR count). The number of benzene rings is 2. The molecule has 9 heteroatoms. The summed E-state index contributed by atoms with van der Waals surface area (Å²) in [5, 5.41) is 3.46. The van der Waals surface area contributed by atoms with Crippen LogP contribution in [0.25, 0.3) is 0 Å². The first-order valence-electron chi connectivity index (χ1n) is 9.13. The van der Waals surface area contributed by atoms with E-state index in [4.69, 9.17) is 0 Å². The number of hydrogen-bond acceptors (Lipinski definition) is 4. The third-order valence-corrected chi connectivity index (χ3v) is 5.47. The van der Waals surface area contributed by atoms with Gasteiger partial charge in [0, 0.05) is 11.2 Å². The van der Waals surface area contributed by atoms with Gasteiger partial charge in [-0.05, 0) is 75.2 Å². The van der Waals surface area contributed by atoms with Gasteiger partial charge in [-0.2, -0.15) is 0 Å². The Bertz CT molecular complexity index is 894. The molecule has 0 saturated carbocycles. The highest BCUT2D eigenvalue weighted by Gasteiger charge is 2.31. The summed E-state index contributed by atoms with van der Waals surface area (Å²) in [5.74, 6) is -0.486. The van der Waals surface area contributed by atoms with Crippen LogP contribution in [0.4, 0.5) is 18.9 Å². The normalized spacial score (nSPS) is 12.6. The molecule has 2 aromatic rings. The highest BCUT2D eigenvalue weighted by atomic mass is 32.2. The van der Waals surface area contributed by atoms with Crippen LogP contribution in [-0.4, -0.2) is 26.9 Å². The molecule has 2 N–H and O–H groups in total. The monoisotopic (exact) mass is 430 g/mol. The molecule has 0 atom stereocenters. The molecule has 0 aliphatic rings. The highest BCUT2D eigenvalue weighted by Crippen LogP contribution is 2.25. The van der Waals surface area contributed by atoms with Crippen molar-refractivity contribution >= 4 is 15.7 Å². The first-order valence-corrected chi connectivity index (χ1v) is 10.6. The van der Waals surface area contributed by atoms with Crippen molar-refractivity contribution in [2.24, 2.45) is 0 Å². The summed E-state index contributed by atoms with van der Waals surface area (Å²) in [7, 11) is -3.93. The van der Waals surface area contributed by atoms with Gasteiger partial charge in [-0.15, -0.1) is 13.2 Å². The van der Waals surface area contributed by atoms with Crippen molar-refractivity contribution in [1.82, 2.24) is 5.32 Å². The molecule has 0 bridgehead atoms. The lowest BCUT2D eigenvalue weighted by atomic mass is 9.95. The number of rotatable bonds is 9. The molecule has 29 heavy (non-hydrogen) atoms. The van der Waals surface area contributed by atoms with Gasteiger partial charge in [-0.1, -0.05) is 19.1 Å². The van der Waals surface area contributed by atoms with Gasteiger partial charge in [0.15, 0.2) is 0 Å². The topological polar surface area (TPSA) is 67.4 Å². The fourth-order valence-electron chi connectivity index (χ4n) is 2.76. The molecule has 0 amide bonds. The van der Waals surface area contributed by atoms with E-state index in [0.717, 1.165) is 49.2 Å². The number of hydrogen-bond donors (Lipinski definition) is 2. The van der Waals surface area contributed by atoms with E-state index >= 15 is 0 Å². The van der Waals surface area contributed by atoms with E-state index in [0.29, 0.717) is 5.69 Å². The molecular formula is C20H25F3N2O3S. The fraction of sp³-hybridized carbons (Fsp3) is 0.400. The van der Waals surface area contributed by atoms with Crippen molar-refractivity contribution in [1.29, 1.82) is 0 Å². The van der Waals surface area contributed by atoms with E-state index in [2.05, 4.69) is 35.5 Å². The van der Waals surface area contributed by atoms with Crippen LogP contribution in [0.3, 0.4) is 0 Å². The Morgan fingerprint density at radius 2 is 1.55 bits per heavy atom. The molecule has 0 spiro atoms. The maximum absolute atomic E-state index is 12.4. The summed E-state index contributed by atoms with van der Waals surface area (Å²) in [6, 6.07) is 11.0. The fourth-order valence-corrected chi connectivity index (χ4v) is 3.82. The molecule has 0 unspecified atom stereocenters. The van der Waals surface area contributed by atoms with Crippen molar-refractivity contribution < 1.29 is 26.3 Å². The predicted octanol–water partition coefficient (Wildman–Crippen LogP) is 4.71. The Hall–Kier alpha value is -2.26. The second-order valence-electron chi connectivity index (χ2n) is 7.31. The molecule has 160 valence electrons. The average Bonchev–Trinajstić information content (AvgIpc) is 2.60. The van der Waals surface area contributed by atoms with Gasteiger partial charge in [0.2, 0.25) is 0 Å². The Kier molecular flexibility index (Phi) is 7.18. The van der Waals surface area contributed by atoms with Gasteiger partial charge in [-0.3, -0.25) is 4.72 Å². The second-order valence-corrected chi connectivity index (χ2v) is 8.99. The Morgan fingerprint density at radius 3 is 2.07 bits per heavy atom. The summed E-state index contributed by atoms with van der Waals surface area (Å²) in [5.41, 5.74) is 1.33. The quantitative estimate of drug-likeness (QED) is 0.605. The molecule has 0 radical (unpaired) electrons. The molecule has 0 aliphatic heterocycles. The number of ether oxygens (including phenoxy) is 1. The molecular weight excluding hydrogens is 405 g/mol. The Morgan fingerprint density at radius 1 is 0.966 bits per heavy atom. The molecule has 0 aliphatic carbocycles. The smallest absolute Gasteiger partial charge is 0.406 e. The number of sulfonamides is 1. The zero-order valence-corrected chi connectivity index (χ0v) is 17.3. The van der Waals surface area contributed by atoms with Gasteiger partial charge in [0.25, 0.3) is 10.0 Å². The first-order chi connectivity index (χ1) is 13.4. The van der Waals surface area contributed by atoms with E-state index in [1.807, 2.05) is 12.1 Å². The molecule has 0 fully saturated rings. The van der Waals surface area contributed by atoms with Crippen molar-refractivity contribution in [3.63, 3.8) is 0 Å². The van der Waals surface area contributed by atoms with Gasteiger partial charge < -0.3 is 10.1 Å². The van der Waals surface area contributed by atoms with Gasteiger partial charge in [0.1, 0.15) is 5.75 Å². The lowest BCUT2D eigenvalue weighted by Gasteiger charge is -2.26. The summed E-state index contributed by atoms with van der Waals surface area (Å²) in [6.07, 6.45) is -3.02. The van der Waals surface area contributed by atoms with Gasteiger partial charge >= 0.3 is 6.36 Å². The Labute approximate surface area is 169 Å². The van der Waals surface area contributed by atoms with Crippen LogP contribution >= 0.6 is 0 Å². The molecule has 0 heterocycles. The lowest BCUT2D eigenvalue weighted by Crippen LogP contribution is -2.41. The second kappa shape index (κ2) is 9.04. The van der Waals surface area contributed by atoms with Crippen molar-refractivity contribution in [2.45, 2.75) is 50.4 Å². The van der Waals surface area contributed by atoms with Crippen LogP contribution in [-0.2, 0) is 16.4 Å². The third-order valence-electron chi connectivity index (χ3n) is 4.07. The average molecular weight is 430 g/mol. The van der Waals surface area contributed by atoms with Crippen LogP contribution in [0.2, 0.25) is 0 Å². The number of nitrogens with one attached hydrogen (secondary N) is 2. The molecule has 5 nitrogen and oxygen atoms in total. The van der Waals surface area contributed by atoms with E-state index in [1.165, 1.54) is 0 Å². The maximum Gasteiger partial charge on any atom is 0.573 e. The largest absolute Gasteiger partial charge is 0.573 e. The zero-order valence-electron chi connectivity index (χ0n) is 16.5. The third kappa shape index (κ3) is 7.58. The van der Waals surface area contributed by atoms with Crippen LogP contribution in [0, 0.1) is 0 Å². The minimum Gasteiger partial charge on any atom is -0.406 e. The molecule has 2 aromatic carbocycles. The predicted molar refractivity (Wildman–Crippen MR) is 106 cm³/mol. The van der Waals surface area contributed by atoms with Crippen LogP contribution < -0.4 is 14.8 Å². The van der Waals surface area contributed by atoms with Crippen molar-refractivity contribution in [3.8, 4) is 5.75 Å². The van der Waals surface area contributed by atoms with E-state index in [9.17, 15) is 21.6 Å². The molecule has 0 saturated heterocycles. The summed E-state index contributed by atoms with van der Waals surface area (Å²) < 4.78 is 67.7. The van der Waals surface area contributed by atoms with Crippen LogP contribution in [0.15, 0.2) is 53.4 Å². The van der Waals surface area contributed by atoms with Gasteiger partial charge in [0.05, 0.1) is 4.90 Å². The summed E-state index contributed by atoms with van der Waals surface area (Å²) in [4.78, 5) is -0.166. The van der Waals surface area contributed by atoms with Crippen LogP contribution in [0.5, 0.6) is 5.75 Å². The summed E-state index contributed by atoms with van der Waals surface area (Å²) in [6.45, 7) is 7.22. The standard InChI is InChI=1S/C20H25F3N2O3S/c1-4-13-24-19(2,3)14-15-5-7-16(8-6-15)25-29(26,27)18-11-9-17(10-12-18)28-20(21,22)23/h5-12,24-25H,4,13-14H2,1-3H3. The number of anilines is 1. The summed E-state index contributed by atoms with van der Waals surface area (Å²) >= 11 is 0. The van der Waals surface area contributed by atoms with E-state index < -0.39 is 22.1 Å². The van der Waals surface area contributed by atoms with Crippen molar-refractivity contribution in [2.75, 3.05) is 11.3 Å². The SMILES string of the molecule is CCCNC(C)(C)Cc1ccc(NS(=O)(=O)c2ccc(OC(F)(F)F)cc2)cc1. The van der Waals surface area contributed by atoms with E-state index in [1.54, 1.807) is 12.1 Å². The van der Waals surface area contributed by atoms with E-state index in [-0.39, 0.29) is 10.4 Å². The van der Waals surface area contributed by atoms with Crippen LogP contribution in [0.1, 0.15) is 32.8 Å². The minimum atomic E-state index is -4.83.